The zero-order chi connectivity index (χ0) is 18.9. The highest BCUT2D eigenvalue weighted by atomic mass is 16.5. The van der Waals surface area contributed by atoms with Crippen molar-refractivity contribution in [1.82, 2.24) is 16.0 Å². The average molecular weight is 355 g/mol. The molecule has 6 nitrogen and oxygen atoms in total. The zero-order valence-corrected chi connectivity index (χ0v) is 15.4. The lowest BCUT2D eigenvalue weighted by Crippen LogP contribution is -2.36. The molecule has 3 N–H and O–H groups in total. The molecule has 0 saturated heterocycles. The van der Waals surface area contributed by atoms with Crippen LogP contribution in [0.15, 0.2) is 42.5 Å². The van der Waals surface area contributed by atoms with Crippen molar-refractivity contribution in [3.8, 4) is 5.75 Å². The van der Waals surface area contributed by atoms with E-state index in [9.17, 15) is 9.59 Å². The summed E-state index contributed by atoms with van der Waals surface area (Å²) >= 11 is 0. The summed E-state index contributed by atoms with van der Waals surface area (Å²) in [5, 5.41) is 8.22. The summed E-state index contributed by atoms with van der Waals surface area (Å²) in [6.45, 7) is 2.94. The summed E-state index contributed by atoms with van der Waals surface area (Å²) in [5.41, 5.74) is 3.74. The predicted octanol–water partition coefficient (Wildman–Crippen LogP) is 2.41. The number of hydrogen-bond acceptors (Lipinski definition) is 3. The van der Waals surface area contributed by atoms with Gasteiger partial charge in [-0.3, -0.25) is 4.79 Å². The first-order valence-corrected chi connectivity index (χ1v) is 8.49. The van der Waals surface area contributed by atoms with E-state index in [4.69, 9.17) is 4.74 Å². The van der Waals surface area contributed by atoms with Gasteiger partial charge in [0, 0.05) is 25.7 Å². The molecule has 0 atom stereocenters. The van der Waals surface area contributed by atoms with Crippen LogP contribution in [0.4, 0.5) is 4.79 Å². The van der Waals surface area contributed by atoms with Gasteiger partial charge in [0.15, 0.2) is 0 Å². The van der Waals surface area contributed by atoms with E-state index < -0.39 is 0 Å². The first-order chi connectivity index (χ1) is 12.5. The molecular formula is C20H25N3O3. The van der Waals surface area contributed by atoms with Gasteiger partial charge < -0.3 is 20.7 Å². The molecule has 2 aromatic rings. The first kappa shape index (κ1) is 19.3. The van der Waals surface area contributed by atoms with Crippen LogP contribution in [0.5, 0.6) is 5.75 Å². The van der Waals surface area contributed by atoms with Crippen molar-refractivity contribution in [1.29, 1.82) is 0 Å². The Morgan fingerprint density at radius 1 is 1.04 bits per heavy atom. The van der Waals surface area contributed by atoms with Crippen LogP contribution in [-0.4, -0.2) is 32.6 Å². The molecule has 2 rings (SSSR count). The van der Waals surface area contributed by atoms with Gasteiger partial charge in [0.25, 0.3) is 5.91 Å². The molecule has 0 heterocycles. The Morgan fingerprint density at radius 2 is 1.77 bits per heavy atom. The van der Waals surface area contributed by atoms with Crippen molar-refractivity contribution in [2.24, 2.45) is 0 Å². The Balaban J connectivity index is 1.77. The van der Waals surface area contributed by atoms with E-state index in [1.54, 1.807) is 26.3 Å². The van der Waals surface area contributed by atoms with Gasteiger partial charge >= 0.3 is 6.03 Å². The summed E-state index contributed by atoms with van der Waals surface area (Å²) < 4.78 is 5.34. The third-order valence-electron chi connectivity index (χ3n) is 4.01. The van der Waals surface area contributed by atoms with Gasteiger partial charge in [0.2, 0.25) is 0 Å². The number of carbonyl (C=O) groups is 2. The number of benzene rings is 2. The van der Waals surface area contributed by atoms with Gasteiger partial charge in [-0.1, -0.05) is 29.8 Å². The Labute approximate surface area is 153 Å². The summed E-state index contributed by atoms with van der Waals surface area (Å²) in [4.78, 5) is 23.4. The van der Waals surface area contributed by atoms with Crippen LogP contribution >= 0.6 is 0 Å². The molecule has 0 unspecified atom stereocenters. The average Bonchev–Trinajstić information content (AvgIpc) is 2.66. The number of methoxy groups -OCH3 is 1. The van der Waals surface area contributed by atoms with Gasteiger partial charge in [-0.15, -0.1) is 0 Å². The van der Waals surface area contributed by atoms with E-state index in [1.807, 2.05) is 31.2 Å². The Kier molecular flexibility index (Phi) is 7.02. The highest BCUT2D eigenvalue weighted by molar-refractivity contribution is 5.93. The summed E-state index contributed by atoms with van der Waals surface area (Å²) in [6.07, 6.45) is 0.694. The molecule has 0 aromatic heterocycles. The second-order valence-corrected chi connectivity index (χ2v) is 5.95. The second-order valence-electron chi connectivity index (χ2n) is 5.95. The number of urea groups is 1. The molecule has 6 heteroatoms. The molecule has 0 aliphatic rings. The van der Waals surface area contributed by atoms with Crippen molar-refractivity contribution in [3.05, 3.63) is 64.7 Å². The summed E-state index contributed by atoms with van der Waals surface area (Å²) in [6, 6.07) is 12.9. The maximum atomic E-state index is 11.9. The zero-order valence-electron chi connectivity index (χ0n) is 15.4. The molecule has 0 fully saturated rings. The van der Waals surface area contributed by atoms with Crippen LogP contribution in [0.25, 0.3) is 0 Å². The van der Waals surface area contributed by atoms with Gasteiger partial charge in [0.1, 0.15) is 5.75 Å². The fraction of sp³-hybridized carbons (Fsp3) is 0.300. The molecule has 0 spiro atoms. The number of hydrogen-bond donors (Lipinski definition) is 3. The van der Waals surface area contributed by atoms with Gasteiger partial charge in [0.05, 0.1) is 7.11 Å². The van der Waals surface area contributed by atoms with E-state index in [0.717, 1.165) is 22.4 Å². The van der Waals surface area contributed by atoms with Crippen molar-refractivity contribution in [2.45, 2.75) is 19.9 Å². The molecular weight excluding hydrogens is 330 g/mol. The molecule has 0 bridgehead atoms. The largest absolute Gasteiger partial charge is 0.496 e. The van der Waals surface area contributed by atoms with Crippen LogP contribution in [0, 0.1) is 6.92 Å². The lowest BCUT2D eigenvalue weighted by Gasteiger charge is -2.11. The van der Waals surface area contributed by atoms with Gasteiger partial charge in [-0.25, -0.2) is 4.79 Å². The van der Waals surface area contributed by atoms with E-state index in [2.05, 4.69) is 22.0 Å². The number of aryl methyl sites for hydroxylation is 1. The van der Waals surface area contributed by atoms with Crippen LogP contribution < -0.4 is 20.7 Å². The molecule has 0 radical (unpaired) electrons. The number of rotatable bonds is 7. The third-order valence-corrected chi connectivity index (χ3v) is 4.01. The normalized spacial score (nSPS) is 10.1. The molecule has 138 valence electrons. The molecule has 0 saturated carbocycles. The number of nitrogens with one attached hydrogen (secondary N) is 3. The van der Waals surface area contributed by atoms with E-state index >= 15 is 0 Å². The summed E-state index contributed by atoms with van der Waals surface area (Å²) in [5.74, 6) is 0.697. The second kappa shape index (κ2) is 9.46. The minimum Gasteiger partial charge on any atom is -0.496 e. The SMILES string of the molecule is CNC(=O)c1ccc(CNC(=O)NCCc2cc(C)ccc2OC)cc1. The number of carbonyl (C=O) groups excluding carboxylic acids is 2. The lowest BCUT2D eigenvalue weighted by atomic mass is 10.1. The first-order valence-electron chi connectivity index (χ1n) is 8.49. The number of ether oxygens (including phenoxy) is 1. The van der Waals surface area contributed by atoms with Crippen LogP contribution in [0.1, 0.15) is 27.0 Å². The Morgan fingerprint density at radius 3 is 2.42 bits per heavy atom. The Bertz CT molecular complexity index is 757. The van der Waals surface area contributed by atoms with Gasteiger partial charge in [-0.05, 0) is 42.7 Å². The lowest BCUT2D eigenvalue weighted by molar-refractivity contribution is 0.0963. The standard InChI is InChI=1S/C20H25N3O3/c1-14-4-9-18(26-3)17(12-14)10-11-22-20(25)23-13-15-5-7-16(8-6-15)19(24)21-2/h4-9,12H,10-11,13H2,1-3H3,(H,21,24)(H2,22,23,25). The predicted molar refractivity (Wildman–Crippen MR) is 102 cm³/mol. The quantitative estimate of drug-likeness (QED) is 0.714. The van der Waals surface area contributed by atoms with E-state index in [0.29, 0.717) is 25.1 Å². The highest BCUT2D eigenvalue weighted by Gasteiger charge is 2.06. The molecule has 0 aliphatic heterocycles. The molecule has 0 aliphatic carbocycles. The van der Waals surface area contributed by atoms with Gasteiger partial charge in [-0.2, -0.15) is 0 Å². The molecule has 2 aromatic carbocycles. The Hall–Kier alpha value is -3.02. The monoisotopic (exact) mass is 355 g/mol. The van der Waals surface area contributed by atoms with Crippen molar-refractivity contribution < 1.29 is 14.3 Å². The van der Waals surface area contributed by atoms with Crippen molar-refractivity contribution >= 4 is 11.9 Å². The maximum absolute atomic E-state index is 11.9. The highest BCUT2D eigenvalue weighted by Crippen LogP contribution is 2.19. The van der Waals surface area contributed by atoms with E-state index in [1.165, 1.54) is 0 Å². The fourth-order valence-electron chi connectivity index (χ4n) is 2.58. The van der Waals surface area contributed by atoms with Crippen molar-refractivity contribution in [2.75, 3.05) is 20.7 Å². The maximum Gasteiger partial charge on any atom is 0.315 e. The van der Waals surface area contributed by atoms with Crippen LogP contribution in [-0.2, 0) is 13.0 Å². The van der Waals surface area contributed by atoms with Crippen LogP contribution in [0.2, 0.25) is 0 Å². The summed E-state index contributed by atoms with van der Waals surface area (Å²) in [7, 11) is 3.23. The van der Waals surface area contributed by atoms with Crippen LogP contribution in [0.3, 0.4) is 0 Å². The van der Waals surface area contributed by atoms with E-state index in [-0.39, 0.29) is 11.9 Å². The van der Waals surface area contributed by atoms with Crippen molar-refractivity contribution in [3.63, 3.8) is 0 Å². The molecule has 3 amide bonds. The number of amides is 3. The minimum atomic E-state index is -0.230. The molecule has 26 heavy (non-hydrogen) atoms. The minimum absolute atomic E-state index is 0.131. The topological polar surface area (TPSA) is 79.5 Å². The smallest absolute Gasteiger partial charge is 0.315 e. The fourth-order valence-corrected chi connectivity index (χ4v) is 2.58. The third kappa shape index (κ3) is 5.51.